The highest BCUT2D eigenvalue weighted by Crippen LogP contribution is 2.31. The van der Waals surface area contributed by atoms with Crippen LogP contribution in [0.25, 0.3) is 22.6 Å². The molecule has 0 radical (unpaired) electrons. The molecule has 1 aromatic heterocycles. The van der Waals surface area contributed by atoms with Crippen LogP contribution in [0.4, 0.5) is 5.69 Å². The van der Waals surface area contributed by atoms with E-state index in [9.17, 15) is 4.79 Å². The van der Waals surface area contributed by atoms with Crippen molar-refractivity contribution in [1.29, 1.82) is 0 Å². The number of hydrogen-bond donors (Lipinski definition) is 1. The molecule has 6 nitrogen and oxygen atoms in total. The molecule has 0 atom stereocenters. The normalized spacial score (nSPS) is 15.0. The summed E-state index contributed by atoms with van der Waals surface area (Å²) < 4.78 is 12.4. The summed E-state index contributed by atoms with van der Waals surface area (Å²) in [5.74, 6) is 2.05. The van der Waals surface area contributed by atoms with Crippen molar-refractivity contribution in [2.24, 2.45) is 0 Å². The van der Waals surface area contributed by atoms with Gasteiger partial charge in [-0.1, -0.05) is 6.07 Å². The van der Waals surface area contributed by atoms with E-state index < -0.39 is 0 Å². The molecule has 1 aliphatic heterocycles. The van der Waals surface area contributed by atoms with Gasteiger partial charge in [0.1, 0.15) is 5.82 Å². The summed E-state index contributed by atoms with van der Waals surface area (Å²) in [7, 11) is 3.23. The topological polar surface area (TPSA) is 79.4 Å². The molecule has 4 rings (SSSR count). The average Bonchev–Trinajstić information content (AvgIpc) is 2.68. The molecule has 0 bridgehead atoms. The molecule has 0 fully saturated rings. The molecule has 3 aromatic rings. The van der Waals surface area contributed by atoms with Gasteiger partial charge in [0, 0.05) is 12.2 Å². The summed E-state index contributed by atoms with van der Waals surface area (Å²) in [6, 6.07) is 11.0. The van der Waals surface area contributed by atoms with Crippen molar-refractivity contribution in [3.8, 4) is 11.5 Å². The molecule has 2 heterocycles. The molecule has 6 heteroatoms. The van der Waals surface area contributed by atoms with Crippen LogP contribution in [-0.4, -0.2) is 23.8 Å². The Labute approximate surface area is 156 Å². The molecule has 27 heavy (non-hydrogen) atoms. The fourth-order valence-electron chi connectivity index (χ4n) is 3.51. The molecule has 0 spiro atoms. The van der Waals surface area contributed by atoms with Crippen LogP contribution < -0.4 is 20.8 Å². The molecular formula is C21H21N3O3. The van der Waals surface area contributed by atoms with Crippen LogP contribution in [0.3, 0.4) is 0 Å². The van der Waals surface area contributed by atoms with E-state index in [0.717, 1.165) is 24.0 Å². The summed E-state index contributed by atoms with van der Waals surface area (Å²) in [5, 5.41) is 0.598. The van der Waals surface area contributed by atoms with Gasteiger partial charge >= 0.3 is 0 Å². The van der Waals surface area contributed by atoms with Gasteiger partial charge in [0.15, 0.2) is 11.5 Å². The van der Waals surface area contributed by atoms with Gasteiger partial charge in [-0.15, -0.1) is 0 Å². The van der Waals surface area contributed by atoms with Gasteiger partial charge < -0.3 is 15.2 Å². The Bertz CT molecular complexity index is 1120. The number of hydrogen-bond acceptors (Lipinski definition) is 5. The van der Waals surface area contributed by atoms with Crippen LogP contribution in [0.15, 0.2) is 41.2 Å². The zero-order valence-corrected chi connectivity index (χ0v) is 15.4. The molecule has 0 amide bonds. The highest BCUT2D eigenvalue weighted by atomic mass is 16.5. The van der Waals surface area contributed by atoms with E-state index in [1.165, 1.54) is 0 Å². The third kappa shape index (κ3) is 3.03. The number of benzene rings is 2. The summed E-state index contributed by atoms with van der Waals surface area (Å²) in [6.45, 7) is 0.671. The number of nitrogens with two attached hydrogens (primary N) is 1. The fourth-order valence-corrected chi connectivity index (χ4v) is 3.51. The maximum atomic E-state index is 12.9. The van der Waals surface area contributed by atoms with Gasteiger partial charge in [-0.2, -0.15) is 0 Å². The number of methoxy groups -OCH3 is 2. The maximum Gasteiger partial charge on any atom is 0.261 e. The Morgan fingerprint density at radius 3 is 2.70 bits per heavy atom. The second-order valence-electron chi connectivity index (χ2n) is 6.56. The van der Waals surface area contributed by atoms with Crippen molar-refractivity contribution in [2.45, 2.75) is 19.4 Å². The monoisotopic (exact) mass is 363 g/mol. The van der Waals surface area contributed by atoms with Crippen molar-refractivity contribution in [3.63, 3.8) is 0 Å². The molecule has 2 aromatic carbocycles. The van der Waals surface area contributed by atoms with Gasteiger partial charge in [-0.25, -0.2) is 4.98 Å². The first-order valence-corrected chi connectivity index (χ1v) is 8.84. The number of nitrogen functional groups attached to an aromatic ring is 1. The number of aromatic nitrogens is 2. The average molecular weight is 363 g/mol. The minimum absolute atomic E-state index is 0.0205. The molecule has 0 aliphatic carbocycles. The van der Waals surface area contributed by atoms with E-state index in [1.54, 1.807) is 37.0 Å². The molecule has 138 valence electrons. The minimum atomic E-state index is -0.0205. The maximum absolute atomic E-state index is 12.9. The molecule has 0 saturated heterocycles. The van der Waals surface area contributed by atoms with E-state index >= 15 is 0 Å². The number of anilines is 1. The molecule has 2 N–H and O–H groups in total. The van der Waals surface area contributed by atoms with Gasteiger partial charge in [0.2, 0.25) is 0 Å². The first-order valence-electron chi connectivity index (χ1n) is 8.84. The van der Waals surface area contributed by atoms with E-state index in [-0.39, 0.29) is 5.56 Å². The smallest absolute Gasteiger partial charge is 0.261 e. The van der Waals surface area contributed by atoms with Crippen molar-refractivity contribution in [1.82, 2.24) is 9.55 Å². The zero-order valence-electron chi connectivity index (χ0n) is 15.4. The van der Waals surface area contributed by atoms with Crippen LogP contribution in [0.5, 0.6) is 11.5 Å². The largest absolute Gasteiger partial charge is 0.493 e. The van der Waals surface area contributed by atoms with E-state index in [4.69, 9.17) is 20.2 Å². The van der Waals surface area contributed by atoms with Crippen LogP contribution in [0, 0.1) is 0 Å². The Balaban J connectivity index is 1.87. The number of fused-ring (bicyclic) bond motifs is 2. The Kier molecular flexibility index (Phi) is 4.32. The highest BCUT2D eigenvalue weighted by Gasteiger charge is 2.19. The second-order valence-corrected chi connectivity index (χ2v) is 6.56. The SMILES string of the molecule is COc1ccc(C=C2CCCn3c2nc2cc(N)ccc2c3=O)cc1OC. The lowest BCUT2D eigenvalue weighted by molar-refractivity contribution is 0.355. The lowest BCUT2D eigenvalue weighted by Crippen LogP contribution is -2.27. The first-order chi connectivity index (χ1) is 13.1. The Morgan fingerprint density at radius 1 is 1.11 bits per heavy atom. The summed E-state index contributed by atoms with van der Waals surface area (Å²) >= 11 is 0. The quantitative estimate of drug-likeness (QED) is 0.722. The fraction of sp³-hybridized carbons (Fsp3) is 0.238. The summed E-state index contributed by atoms with van der Waals surface area (Å²) in [4.78, 5) is 17.6. The standard InChI is InChI=1S/C21H21N3O3/c1-26-18-8-5-13(11-19(18)27-2)10-14-4-3-9-24-20(14)23-17-12-15(22)6-7-16(17)21(24)25/h5-8,10-12H,3-4,9,22H2,1-2H3. The predicted octanol–water partition coefficient (Wildman–Crippen LogP) is 3.33. The molecule has 1 aliphatic rings. The highest BCUT2D eigenvalue weighted by molar-refractivity contribution is 5.85. The third-order valence-corrected chi connectivity index (χ3v) is 4.84. The zero-order chi connectivity index (χ0) is 19.0. The van der Waals surface area contributed by atoms with Gasteiger partial charge in [-0.3, -0.25) is 9.36 Å². The van der Waals surface area contributed by atoms with Gasteiger partial charge in [-0.05, 0) is 60.4 Å². The number of allylic oxidation sites excluding steroid dienone is 1. The van der Waals surface area contributed by atoms with Gasteiger partial charge in [0.25, 0.3) is 5.56 Å². The number of nitrogens with zero attached hydrogens (tertiary/aromatic N) is 2. The van der Waals surface area contributed by atoms with E-state index in [2.05, 4.69) is 6.08 Å². The Morgan fingerprint density at radius 2 is 1.93 bits per heavy atom. The van der Waals surface area contributed by atoms with Crippen LogP contribution in [0.2, 0.25) is 0 Å². The lowest BCUT2D eigenvalue weighted by atomic mass is 10.0. The number of ether oxygens (including phenoxy) is 2. The summed E-state index contributed by atoms with van der Waals surface area (Å²) in [5.41, 5.74) is 9.08. The number of rotatable bonds is 3. The Hall–Kier alpha value is -3.28. The van der Waals surface area contributed by atoms with Crippen LogP contribution >= 0.6 is 0 Å². The molecule has 0 saturated carbocycles. The van der Waals surface area contributed by atoms with Crippen molar-refractivity contribution < 1.29 is 9.47 Å². The predicted molar refractivity (Wildman–Crippen MR) is 107 cm³/mol. The first kappa shape index (κ1) is 17.1. The van der Waals surface area contributed by atoms with E-state index in [1.807, 2.05) is 18.2 Å². The van der Waals surface area contributed by atoms with Crippen LogP contribution in [0.1, 0.15) is 24.2 Å². The van der Waals surface area contributed by atoms with Gasteiger partial charge in [0.05, 0.1) is 25.1 Å². The van der Waals surface area contributed by atoms with E-state index in [0.29, 0.717) is 40.5 Å². The van der Waals surface area contributed by atoms with Crippen LogP contribution in [-0.2, 0) is 6.54 Å². The van der Waals surface area contributed by atoms with Crippen molar-refractivity contribution in [3.05, 3.63) is 58.1 Å². The summed E-state index contributed by atoms with van der Waals surface area (Å²) in [6.07, 6.45) is 3.81. The molecule has 0 unspecified atom stereocenters. The van der Waals surface area contributed by atoms with Crippen molar-refractivity contribution >= 4 is 28.2 Å². The lowest BCUT2D eigenvalue weighted by Gasteiger charge is -2.21. The second kappa shape index (κ2) is 6.79. The molecular weight excluding hydrogens is 342 g/mol. The minimum Gasteiger partial charge on any atom is -0.493 e. The third-order valence-electron chi connectivity index (χ3n) is 4.84. The van der Waals surface area contributed by atoms with Crippen molar-refractivity contribution in [2.75, 3.05) is 20.0 Å².